The predicted molar refractivity (Wildman–Crippen MR) is 91.7 cm³/mol. The molecular formula is C19H23NO4. The van der Waals surface area contributed by atoms with Gasteiger partial charge in [0.2, 0.25) is 0 Å². The number of esters is 2. The molecule has 0 amide bonds. The Kier molecular flexibility index (Phi) is 5.90. The van der Waals surface area contributed by atoms with Gasteiger partial charge < -0.3 is 9.47 Å². The van der Waals surface area contributed by atoms with E-state index in [1.165, 1.54) is 0 Å². The quantitative estimate of drug-likeness (QED) is 0.778. The third-order valence-electron chi connectivity index (χ3n) is 4.02. The van der Waals surface area contributed by atoms with Crippen LogP contribution in [0.3, 0.4) is 0 Å². The second-order valence-corrected chi connectivity index (χ2v) is 5.59. The molecule has 0 spiro atoms. The molecule has 0 N–H and O–H groups in total. The average molecular weight is 329 g/mol. The van der Waals surface area contributed by atoms with Crippen molar-refractivity contribution in [3.63, 3.8) is 0 Å². The molecule has 0 aromatic heterocycles. The van der Waals surface area contributed by atoms with E-state index in [1.807, 2.05) is 30.3 Å². The van der Waals surface area contributed by atoms with Crippen molar-refractivity contribution < 1.29 is 19.1 Å². The summed E-state index contributed by atoms with van der Waals surface area (Å²) in [6.45, 7) is 7.63. The standard InChI is InChI=1S/C19H23NO4/c1-5-23-18(21)15-12(3)20-13(4)16(19(22)24-6-2)17(15)14-10-8-7-9-11-14/h7-11,15,17H,5-6H2,1-4H3. The van der Waals surface area contributed by atoms with E-state index in [1.54, 1.807) is 27.7 Å². The molecule has 0 saturated heterocycles. The summed E-state index contributed by atoms with van der Waals surface area (Å²) in [6.07, 6.45) is 0. The zero-order valence-corrected chi connectivity index (χ0v) is 14.5. The van der Waals surface area contributed by atoms with Crippen LogP contribution in [-0.4, -0.2) is 30.9 Å². The lowest BCUT2D eigenvalue weighted by molar-refractivity contribution is -0.146. The van der Waals surface area contributed by atoms with E-state index in [2.05, 4.69) is 4.99 Å². The van der Waals surface area contributed by atoms with Gasteiger partial charge in [-0.15, -0.1) is 0 Å². The normalized spacial score (nSPS) is 20.4. The van der Waals surface area contributed by atoms with Crippen LogP contribution in [0.5, 0.6) is 0 Å². The first-order valence-electron chi connectivity index (χ1n) is 8.15. The molecule has 0 fully saturated rings. The van der Waals surface area contributed by atoms with Gasteiger partial charge in [-0.2, -0.15) is 0 Å². The SMILES string of the molecule is CCOC(=O)C1=C(C)N=C(C)C(C(=O)OCC)C1c1ccccc1. The maximum Gasteiger partial charge on any atom is 0.336 e. The van der Waals surface area contributed by atoms with Gasteiger partial charge in [-0.25, -0.2) is 4.79 Å². The van der Waals surface area contributed by atoms with E-state index >= 15 is 0 Å². The van der Waals surface area contributed by atoms with Crippen molar-refractivity contribution in [3.05, 3.63) is 47.2 Å². The lowest BCUT2D eigenvalue weighted by Crippen LogP contribution is -2.36. The summed E-state index contributed by atoms with van der Waals surface area (Å²) in [5.74, 6) is -1.89. The van der Waals surface area contributed by atoms with Crippen LogP contribution in [0, 0.1) is 5.92 Å². The van der Waals surface area contributed by atoms with Crippen LogP contribution < -0.4 is 0 Å². The largest absolute Gasteiger partial charge is 0.465 e. The number of nitrogens with zero attached hydrogens (tertiary/aromatic N) is 1. The number of hydrogen-bond donors (Lipinski definition) is 0. The van der Waals surface area contributed by atoms with Gasteiger partial charge in [0.25, 0.3) is 0 Å². The second-order valence-electron chi connectivity index (χ2n) is 5.59. The van der Waals surface area contributed by atoms with Crippen molar-refractivity contribution in [2.45, 2.75) is 33.6 Å². The fourth-order valence-electron chi connectivity index (χ4n) is 3.07. The van der Waals surface area contributed by atoms with Crippen LogP contribution in [0.4, 0.5) is 0 Å². The minimum atomic E-state index is -0.629. The van der Waals surface area contributed by atoms with E-state index in [-0.39, 0.29) is 19.2 Å². The maximum absolute atomic E-state index is 12.5. The molecule has 2 atom stereocenters. The van der Waals surface area contributed by atoms with Crippen LogP contribution in [-0.2, 0) is 19.1 Å². The van der Waals surface area contributed by atoms with Crippen molar-refractivity contribution in [1.82, 2.24) is 0 Å². The molecule has 1 aliphatic heterocycles. The number of carbonyl (C=O) groups is 2. The number of carbonyl (C=O) groups excluding carboxylic acids is 2. The fourth-order valence-corrected chi connectivity index (χ4v) is 3.07. The molecule has 0 radical (unpaired) electrons. The van der Waals surface area contributed by atoms with Crippen molar-refractivity contribution in [2.75, 3.05) is 13.2 Å². The Morgan fingerprint density at radius 3 is 2.25 bits per heavy atom. The van der Waals surface area contributed by atoms with Gasteiger partial charge in [0.05, 0.1) is 18.8 Å². The highest BCUT2D eigenvalue weighted by molar-refractivity contribution is 6.07. The minimum Gasteiger partial charge on any atom is -0.465 e. The van der Waals surface area contributed by atoms with Gasteiger partial charge in [0.1, 0.15) is 5.92 Å². The second kappa shape index (κ2) is 7.90. The maximum atomic E-state index is 12.5. The fraction of sp³-hybridized carbons (Fsp3) is 0.421. The van der Waals surface area contributed by atoms with E-state index < -0.39 is 17.8 Å². The highest BCUT2D eigenvalue weighted by Crippen LogP contribution is 2.39. The van der Waals surface area contributed by atoms with E-state index in [0.717, 1.165) is 5.56 Å². The van der Waals surface area contributed by atoms with Gasteiger partial charge >= 0.3 is 11.9 Å². The molecule has 1 aromatic rings. The minimum absolute atomic E-state index is 0.268. The first-order chi connectivity index (χ1) is 11.5. The van der Waals surface area contributed by atoms with Gasteiger partial charge in [-0.3, -0.25) is 9.79 Å². The summed E-state index contributed by atoms with van der Waals surface area (Å²) in [6, 6.07) is 9.48. The molecular weight excluding hydrogens is 306 g/mol. The molecule has 5 heteroatoms. The Balaban J connectivity index is 2.58. The Labute approximate surface area is 142 Å². The van der Waals surface area contributed by atoms with Gasteiger partial charge in [0.15, 0.2) is 0 Å². The predicted octanol–water partition coefficient (Wildman–Crippen LogP) is 3.26. The lowest BCUT2D eigenvalue weighted by Gasteiger charge is -2.31. The molecule has 0 saturated carbocycles. The molecule has 1 heterocycles. The first-order valence-corrected chi connectivity index (χ1v) is 8.15. The Morgan fingerprint density at radius 2 is 1.67 bits per heavy atom. The molecule has 1 aliphatic rings. The number of aliphatic imine (C=N–C) groups is 1. The number of allylic oxidation sites excluding steroid dienone is 1. The zero-order chi connectivity index (χ0) is 17.7. The smallest absolute Gasteiger partial charge is 0.336 e. The Hall–Kier alpha value is -2.43. The number of ether oxygens (including phenoxy) is 2. The lowest BCUT2D eigenvalue weighted by atomic mass is 9.75. The summed E-state index contributed by atoms with van der Waals surface area (Å²) in [4.78, 5) is 29.5. The van der Waals surface area contributed by atoms with Crippen LogP contribution in [0.2, 0.25) is 0 Å². The monoisotopic (exact) mass is 329 g/mol. The highest BCUT2D eigenvalue weighted by atomic mass is 16.5. The summed E-state index contributed by atoms with van der Waals surface area (Å²) in [7, 11) is 0. The first kappa shape index (κ1) is 17.9. The number of benzene rings is 1. The summed E-state index contributed by atoms with van der Waals surface area (Å²) >= 11 is 0. The van der Waals surface area contributed by atoms with Gasteiger partial charge in [-0.05, 0) is 33.3 Å². The van der Waals surface area contributed by atoms with Gasteiger partial charge in [0, 0.05) is 17.3 Å². The van der Waals surface area contributed by atoms with Gasteiger partial charge in [-0.1, -0.05) is 30.3 Å². The molecule has 0 bridgehead atoms. The van der Waals surface area contributed by atoms with Crippen molar-refractivity contribution in [3.8, 4) is 0 Å². The van der Waals surface area contributed by atoms with Crippen LogP contribution >= 0.6 is 0 Å². The Bertz CT molecular complexity index is 676. The number of hydrogen-bond acceptors (Lipinski definition) is 5. The van der Waals surface area contributed by atoms with E-state index in [9.17, 15) is 9.59 Å². The summed E-state index contributed by atoms with van der Waals surface area (Å²) in [5, 5.41) is 0. The molecule has 2 unspecified atom stereocenters. The molecule has 2 rings (SSSR count). The highest BCUT2D eigenvalue weighted by Gasteiger charge is 2.42. The Morgan fingerprint density at radius 1 is 1.04 bits per heavy atom. The van der Waals surface area contributed by atoms with Crippen LogP contribution in [0.15, 0.2) is 46.6 Å². The molecule has 0 aliphatic carbocycles. The van der Waals surface area contributed by atoms with Crippen molar-refractivity contribution >= 4 is 17.7 Å². The average Bonchev–Trinajstić information content (AvgIpc) is 2.55. The van der Waals surface area contributed by atoms with Crippen LogP contribution in [0.25, 0.3) is 0 Å². The molecule has 128 valence electrons. The molecule has 5 nitrogen and oxygen atoms in total. The topological polar surface area (TPSA) is 65.0 Å². The zero-order valence-electron chi connectivity index (χ0n) is 14.5. The number of rotatable bonds is 5. The molecule has 1 aromatic carbocycles. The van der Waals surface area contributed by atoms with E-state index in [0.29, 0.717) is 17.0 Å². The third kappa shape index (κ3) is 3.55. The van der Waals surface area contributed by atoms with E-state index in [4.69, 9.17) is 9.47 Å². The summed E-state index contributed by atoms with van der Waals surface area (Å²) in [5.41, 5.74) is 2.52. The molecule has 24 heavy (non-hydrogen) atoms. The van der Waals surface area contributed by atoms with Crippen molar-refractivity contribution in [2.24, 2.45) is 10.9 Å². The van der Waals surface area contributed by atoms with Crippen molar-refractivity contribution in [1.29, 1.82) is 0 Å². The van der Waals surface area contributed by atoms with Crippen LogP contribution in [0.1, 0.15) is 39.2 Å². The third-order valence-corrected chi connectivity index (χ3v) is 4.02. The summed E-state index contributed by atoms with van der Waals surface area (Å²) < 4.78 is 10.4.